The van der Waals surface area contributed by atoms with Crippen LogP contribution < -0.4 is 5.73 Å². The van der Waals surface area contributed by atoms with E-state index in [0.29, 0.717) is 17.0 Å². The molecule has 3 nitrogen and oxygen atoms in total. The first kappa shape index (κ1) is 12.0. The van der Waals surface area contributed by atoms with Crippen LogP contribution in [0.3, 0.4) is 0 Å². The molecule has 0 bridgehead atoms. The normalized spacial score (nSPS) is 11.1. The van der Waals surface area contributed by atoms with Gasteiger partial charge in [-0.15, -0.1) is 11.8 Å². The van der Waals surface area contributed by atoms with Gasteiger partial charge in [-0.25, -0.2) is 9.37 Å². The van der Waals surface area contributed by atoms with Crippen LogP contribution in [0.5, 0.6) is 0 Å². The van der Waals surface area contributed by atoms with Gasteiger partial charge in [0.1, 0.15) is 5.52 Å². The number of nitrogens with zero attached hydrogens (tertiary/aromatic N) is 2. The summed E-state index contributed by atoms with van der Waals surface area (Å²) in [5.74, 6) is -0.0673. The molecule has 0 fully saturated rings. The highest BCUT2D eigenvalue weighted by molar-refractivity contribution is 7.98. The van der Waals surface area contributed by atoms with Crippen molar-refractivity contribution in [3.05, 3.63) is 48.3 Å². The zero-order chi connectivity index (χ0) is 13.4. The van der Waals surface area contributed by atoms with Crippen molar-refractivity contribution in [2.45, 2.75) is 4.90 Å². The maximum absolute atomic E-state index is 13.7. The Hall–Kier alpha value is -2.01. The molecule has 0 aliphatic rings. The molecular formula is C14H12FN3S. The predicted molar refractivity (Wildman–Crippen MR) is 77.2 cm³/mol. The molecule has 0 radical (unpaired) electrons. The summed E-state index contributed by atoms with van der Waals surface area (Å²) in [4.78, 5) is 5.22. The van der Waals surface area contributed by atoms with Gasteiger partial charge in [0.2, 0.25) is 5.95 Å². The first-order chi connectivity index (χ1) is 9.20. The van der Waals surface area contributed by atoms with E-state index in [0.717, 1.165) is 10.6 Å². The van der Waals surface area contributed by atoms with Crippen LogP contribution in [-0.2, 0) is 0 Å². The Balaban J connectivity index is 2.30. The number of rotatable bonds is 2. The number of imidazole rings is 1. The van der Waals surface area contributed by atoms with Gasteiger partial charge in [0.15, 0.2) is 5.82 Å². The Kier molecular flexibility index (Phi) is 2.91. The number of nitrogens with two attached hydrogens (primary N) is 1. The lowest BCUT2D eigenvalue weighted by molar-refractivity contribution is 0.637. The number of aromatic nitrogens is 2. The molecule has 1 heterocycles. The minimum atomic E-state index is -0.357. The minimum absolute atomic E-state index is 0.290. The maximum atomic E-state index is 13.7. The zero-order valence-corrected chi connectivity index (χ0v) is 11.1. The molecule has 0 atom stereocenters. The average Bonchev–Trinajstić information content (AvgIpc) is 2.77. The summed E-state index contributed by atoms with van der Waals surface area (Å²) in [7, 11) is 0. The van der Waals surface area contributed by atoms with E-state index in [1.54, 1.807) is 22.4 Å². The van der Waals surface area contributed by atoms with Gasteiger partial charge >= 0.3 is 0 Å². The summed E-state index contributed by atoms with van der Waals surface area (Å²) in [6.07, 6.45) is 2.01. The second-order valence-corrected chi connectivity index (χ2v) is 4.99. The van der Waals surface area contributed by atoms with Crippen LogP contribution in [0.1, 0.15) is 0 Å². The molecule has 2 N–H and O–H groups in total. The van der Waals surface area contributed by atoms with Crippen LogP contribution >= 0.6 is 11.8 Å². The quantitative estimate of drug-likeness (QED) is 0.727. The first-order valence-electron chi connectivity index (χ1n) is 5.77. The molecule has 0 spiro atoms. The summed E-state index contributed by atoms with van der Waals surface area (Å²) in [5.41, 5.74) is 7.79. The van der Waals surface area contributed by atoms with Gasteiger partial charge in [0.05, 0.1) is 11.2 Å². The van der Waals surface area contributed by atoms with Crippen molar-refractivity contribution in [1.29, 1.82) is 0 Å². The molecule has 3 rings (SSSR count). The molecule has 0 amide bonds. The highest BCUT2D eigenvalue weighted by Gasteiger charge is 2.12. The fourth-order valence-corrected chi connectivity index (χ4v) is 2.56. The number of nitrogen functional groups attached to an aromatic ring is 1. The Labute approximate surface area is 114 Å². The molecule has 0 saturated heterocycles. The average molecular weight is 273 g/mol. The topological polar surface area (TPSA) is 43.8 Å². The smallest absolute Gasteiger partial charge is 0.206 e. The van der Waals surface area contributed by atoms with Crippen LogP contribution in [0, 0.1) is 5.82 Å². The van der Waals surface area contributed by atoms with Crippen molar-refractivity contribution in [2.24, 2.45) is 0 Å². The molecule has 3 aromatic rings. The predicted octanol–water partition coefficient (Wildman–Crippen LogP) is 3.47. The van der Waals surface area contributed by atoms with Crippen LogP contribution in [0.15, 0.2) is 47.4 Å². The summed E-state index contributed by atoms with van der Waals surface area (Å²) in [6, 6.07) is 12.8. The third-order valence-corrected chi connectivity index (χ3v) is 3.70. The van der Waals surface area contributed by atoms with Gasteiger partial charge in [0.25, 0.3) is 0 Å². The van der Waals surface area contributed by atoms with Gasteiger partial charge in [-0.2, -0.15) is 0 Å². The molecular weight excluding hydrogens is 261 g/mol. The second kappa shape index (κ2) is 4.59. The number of para-hydroxylation sites is 1. The molecule has 0 saturated carbocycles. The van der Waals surface area contributed by atoms with Gasteiger partial charge in [-0.1, -0.05) is 12.1 Å². The van der Waals surface area contributed by atoms with E-state index in [9.17, 15) is 4.39 Å². The standard InChI is InChI=1S/C14H12FN3S/c1-19-10-5-2-4-9(8-10)18-12-7-3-6-11(15)13(12)17-14(18)16/h2-8H,1H3,(H2,16,17). The fraction of sp³-hybridized carbons (Fsp3) is 0.0714. The van der Waals surface area contributed by atoms with Gasteiger partial charge in [-0.05, 0) is 36.6 Å². The number of hydrogen-bond donors (Lipinski definition) is 1. The van der Waals surface area contributed by atoms with E-state index in [1.807, 2.05) is 36.6 Å². The summed E-state index contributed by atoms with van der Waals surface area (Å²) in [5, 5.41) is 0. The third-order valence-electron chi connectivity index (χ3n) is 2.97. The van der Waals surface area contributed by atoms with Crippen molar-refractivity contribution in [2.75, 3.05) is 12.0 Å². The van der Waals surface area contributed by atoms with Crippen molar-refractivity contribution < 1.29 is 4.39 Å². The van der Waals surface area contributed by atoms with E-state index < -0.39 is 0 Å². The fourth-order valence-electron chi connectivity index (χ4n) is 2.10. The Morgan fingerprint density at radius 1 is 1.21 bits per heavy atom. The summed E-state index contributed by atoms with van der Waals surface area (Å²) >= 11 is 1.65. The largest absolute Gasteiger partial charge is 0.369 e. The zero-order valence-electron chi connectivity index (χ0n) is 10.3. The number of fused-ring (bicyclic) bond motifs is 1. The number of hydrogen-bond acceptors (Lipinski definition) is 3. The molecule has 0 aliphatic heterocycles. The Bertz CT molecular complexity index is 752. The maximum Gasteiger partial charge on any atom is 0.206 e. The highest BCUT2D eigenvalue weighted by Crippen LogP contribution is 2.26. The molecule has 1 aromatic heterocycles. The lowest BCUT2D eigenvalue weighted by atomic mass is 10.2. The lowest BCUT2D eigenvalue weighted by Gasteiger charge is -2.07. The van der Waals surface area contributed by atoms with Gasteiger partial charge < -0.3 is 5.73 Å². The van der Waals surface area contributed by atoms with Crippen molar-refractivity contribution in [3.8, 4) is 5.69 Å². The monoisotopic (exact) mass is 273 g/mol. The van der Waals surface area contributed by atoms with Gasteiger partial charge in [-0.3, -0.25) is 4.57 Å². The van der Waals surface area contributed by atoms with Crippen LogP contribution in [-0.4, -0.2) is 15.8 Å². The van der Waals surface area contributed by atoms with Crippen molar-refractivity contribution in [3.63, 3.8) is 0 Å². The molecule has 0 aliphatic carbocycles. The van der Waals surface area contributed by atoms with E-state index in [-0.39, 0.29) is 5.82 Å². The Morgan fingerprint density at radius 2 is 2.00 bits per heavy atom. The van der Waals surface area contributed by atoms with E-state index in [4.69, 9.17) is 5.73 Å². The number of benzene rings is 2. The molecule has 96 valence electrons. The van der Waals surface area contributed by atoms with Crippen LogP contribution in [0.2, 0.25) is 0 Å². The van der Waals surface area contributed by atoms with Crippen molar-refractivity contribution >= 4 is 28.7 Å². The van der Waals surface area contributed by atoms with Crippen molar-refractivity contribution in [1.82, 2.24) is 9.55 Å². The summed E-state index contributed by atoms with van der Waals surface area (Å²) < 4.78 is 15.5. The van der Waals surface area contributed by atoms with E-state index in [1.165, 1.54) is 6.07 Å². The molecule has 0 unspecified atom stereocenters. The third kappa shape index (κ3) is 1.96. The SMILES string of the molecule is CSc1cccc(-n2c(N)nc3c(F)cccc32)c1. The highest BCUT2D eigenvalue weighted by atomic mass is 32.2. The first-order valence-corrected chi connectivity index (χ1v) is 7.00. The summed E-state index contributed by atoms with van der Waals surface area (Å²) in [6.45, 7) is 0. The minimum Gasteiger partial charge on any atom is -0.369 e. The molecule has 2 aromatic carbocycles. The number of halogens is 1. The van der Waals surface area contributed by atoms with Crippen LogP contribution in [0.25, 0.3) is 16.7 Å². The Morgan fingerprint density at radius 3 is 2.79 bits per heavy atom. The van der Waals surface area contributed by atoms with Gasteiger partial charge in [0, 0.05) is 4.90 Å². The second-order valence-electron chi connectivity index (χ2n) is 4.11. The number of thioether (sulfide) groups is 1. The molecule has 5 heteroatoms. The van der Waals surface area contributed by atoms with E-state index >= 15 is 0 Å². The number of anilines is 1. The lowest BCUT2D eigenvalue weighted by Crippen LogP contribution is -2.00. The molecule has 19 heavy (non-hydrogen) atoms. The van der Waals surface area contributed by atoms with E-state index in [2.05, 4.69) is 4.98 Å². The van der Waals surface area contributed by atoms with Crippen LogP contribution in [0.4, 0.5) is 10.3 Å².